The lowest BCUT2D eigenvalue weighted by Gasteiger charge is -2.07. The van der Waals surface area contributed by atoms with Crippen LogP contribution in [-0.2, 0) is 4.84 Å². The van der Waals surface area contributed by atoms with Crippen LogP contribution in [-0.4, -0.2) is 22.8 Å². The van der Waals surface area contributed by atoms with Crippen molar-refractivity contribution in [3.8, 4) is 0 Å². The second kappa shape index (κ2) is 5.81. The van der Waals surface area contributed by atoms with E-state index in [0.29, 0.717) is 11.6 Å². The molecule has 6 heteroatoms. The average molecular weight is 257 g/mol. The molecule has 0 radical (unpaired) electrons. The Balaban J connectivity index is 2.22. The maximum atomic E-state index is 5.60. The highest BCUT2D eigenvalue weighted by atomic mass is 16.6. The monoisotopic (exact) mass is 257 g/mol. The number of nitrogen functional groups attached to an aromatic ring is 1. The van der Waals surface area contributed by atoms with Crippen molar-refractivity contribution in [1.29, 1.82) is 0 Å². The molecule has 0 bridgehead atoms. The van der Waals surface area contributed by atoms with E-state index in [2.05, 4.69) is 20.4 Å². The van der Waals surface area contributed by atoms with E-state index in [1.54, 1.807) is 6.07 Å². The van der Waals surface area contributed by atoms with Gasteiger partial charge in [0.25, 0.3) is 0 Å². The predicted molar refractivity (Wildman–Crippen MR) is 75.4 cm³/mol. The lowest BCUT2D eigenvalue weighted by atomic mass is 10.1. The van der Waals surface area contributed by atoms with Crippen molar-refractivity contribution in [3.05, 3.63) is 42.2 Å². The van der Waals surface area contributed by atoms with E-state index < -0.39 is 0 Å². The molecule has 0 aliphatic rings. The SMILES string of the molecule is CON=C(C)c1cccc(Nc2cc(N)ncn2)c1. The first-order valence-corrected chi connectivity index (χ1v) is 5.72. The number of hydrogen-bond donors (Lipinski definition) is 2. The van der Waals surface area contributed by atoms with Gasteiger partial charge in [-0.2, -0.15) is 0 Å². The summed E-state index contributed by atoms with van der Waals surface area (Å²) in [6.45, 7) is 1.88. The summed E-state index contributed by atoms with van der Waals surface area (Å²) in [6.07, 6.45) is 1.42. The molecule has 0 aliphatic carbocycles. The van der Waals surface area contributed by atoms with Crippen LogP contribution in [0.2, 0.25) is 0 Å². The molecule has 3 N–H and O–H groups in total. The van der Waals surface area contributed by atoms with Gasteiger partial charge in [-0.15, -0.1) is 0 Å². The van der Waals surface area contributed by atoms with E-state index in [1.807, 2.05) is 31.2 Å². The minimum absolute atomic E-state index is 0.422. The van der Waals surface area contributed by atoms with Gasteiger partial charge in [-0.3, -0.25) is 0 Å². The normalized spacial score (nSPS) is 11.2. The van der Waals surface area contributed by atoms with E-state index in [9.17, 15) is 0 Å². The standard InChI is InChI=1S/C13H15N5O/c1-9(18-19-2)10-4-3-5-11(6-10)17-13-7-12(14)15-8-16-13/h3-8H,1-2H3,(H3,14,15,16,17). The van der Waals surface area contributed by atoms with Crippen molar-refractivity contribution in [2.45, 2.75) is 6.92 Å². The Labute approximate surface area is 111 Å². The highest BCUT2D eigenvalue weighted by molar-refractivity contribution is 5.99. The lowest BCUT2D eigenvalue weighted by Crippen LogP contribution is -1.99. The highest BCUT2D eigenvalue weighted by Gasteiger charge is 2.01. The third-order valence-corrected chi connectivity index (χ3v) is 2.47. The number of rotatable bonds is 4. The summed E-state index contributed by atoms with van der Waals surface area (Å²) in [6, 6.07) is 9.44. The number of nitrogens with one attached hydrogen (secondary N) is 1. The van der Waals surface area contributed by atoms with Crippen LogP contribution in [0, 0.1) is 0 Å². The maximum Gasteiger partial charge on any atom is 0.135 e. The van der Waals surface area contributed by atoms with Crippen LogP contribution in [0.5, 0.6) is 0 Å². The molecule has 2 rings (SSSR count). The third-order valence-electron chi connectivity index (χ3n) is 2.47. The van der Waals surface area contributed by atoms with Crippen molar-refractivity contribution in [1.82, 2.24) is 9.97 Å². The van der Waals surface area contributed by atoms with Crippen LogP contribution in [0.25, 0.3) is 0 Å². The zero-order valence-electron chi connectivity index (χ0n) is 10.8. The maximum absolute atomic E-state index is 5.60. The Bertz CT molecular complexity index is 597. The zero-order chi connectivity index (χ0) is 13.7. The van der Waals surface area contributed by atoms with Gasteiger partial charge in [-0.25, -0.2) is 9.97 Å². The first kappa shape index (κ1) is 12.8. The van der Waals surface area contributed by atoms with Crippen LogP contribution < -0.4 is 11.1 Å². The number of nitrogens with two attached hydrogens (primary N) is 1. The van der Waals surface area contributed by atoms with Gasteiger partial charge in [-0.1, -0.05) is 17.3 Å². The van der Waals surface area contributed by atoms with Crippen molar-refractivity contribution in [3.63, 3.8) is 0 Å². The van der Waals surface area contributed by atoms with Crippen molar-refractivity contribution >= 4 is 23.0 Å². The Morgan fingerprint density at radius 1 is 1.32 bits per heavy atom. The van der Waals surface area contributed by atoms with E-state index in [-0.39, 0.29) is 0 Å². The molecule has 0 aliphatic heterocycles. The summed E-state index contributed by atoms with van der Waals surface area (Å²) in [4.78, 5) is 12.7. The Morgan fingerprint density at radius 2 is 2.16 bits per heavy atom. The summed E-state index contributed by atoms with van der Waals surface area (Å²) < 4.78 is 0. The van der Waals surface area contributed by atoms with Crippen LogP contribution in [0.4, 0.5) is 17.3 Å². The van der Waals surface area contributed by atoms with Crippen molar-refractivity contribution < 1.29 is 4.84 Å². The molecule has 1 aromatic heterocycles. The minimum atomic E-state index is 0.422. The molecule has 0 spiro atoms. The number of oxime groups is 1. The molecule has 0 saturated carbocycles. The summed E-state index contributed by atoms with van der Waals surface area (Å²) in [5.41, 5.74) is 8.26. The number of hydrogen-bond acceptors (Lipinski definition) is 6. The number of anilines is 3. The number of aromatic nitrogens is 2. The van der Waals surface area contributed by atoms with E-state index in [4.69, 9.17) is 10.6 Å². The fourth-order valence-corrected chi connectivity index (χ4v) is 1.60. The first-order chi connectivity index (χ1) is 9.19. The molecular weight excluding hydrogens is 242 g/mol. The van der Waals surface area contributed by atoms with Crippen molar-refractivity contribution in [2.24, 2.45) is 5.16 Å². The van der Waals surface area contributed by atoms with E-state index in [0.717, 1.165) is 17.0 Å². The van der Waals surface area contributed by atoms with Gasteiger partial charge in [0.1, 0.15) is 25.1 Å². The third kappa shape index (κ3) is 3.41. The molecule has 0 saturated heterocycles. The smallest absolute Gasteiger partial charge is 0.135 e. The Kier molecular flexibility index (Phi) is 3.92. The molecule has 1 aromatic carbocycles. The second-order valence-corrected chi connectivity index (χ2v) is 3.89. The molecule has 19 heavy (non-hydrogen) atoms. The summed E-state index contributed by atoms with van der Waals surface area (Å²) in [7, 11) is 1.52. The molecule has 0 atom stereocenters. The van der Waals surface area contributed by atoms with Crippen LogP contribution >= 0.6 is 0 Å². The summed E-state index contributed by atoms with van der Waals surface area (Å²) >= 11 is 0. The Morgan fingerprint density at radius 3 is 2.89 bits per heavy atom. The van der Waals surface area contributed by atoms with Crippen LogP contribution in [0.1, 0.15) is 12.5 Å². The van der Waals surface area contributed by atoms with Gasteiger partial charge in [0.15, 0.2) is 0 Å². The van der Waals surface area contributed by atoms with Gasteiger partial charge in [0, 0.05) is 17.3 Å². The highest BCUT2D eigenvalue weighted by Crippen LogP contribution is 2.17. The molecule has 6 nitrogen and oxygen atoms in total. The molecule has 98 valence electrons. The number of benzene rings is 1. The number of nitrogens with zero attached hydrogens (tertiary/aromatic N) is 3. The molecule has 0 amide bonds. The lowest BCUT2D eigenvalue weighted by molar-refractivity contribution is 0.213. The van der Waals surface area contributed by atoms with Crippen LogP contribution in [0.15, 0.2) is 41.8 Å². The summed E-state index contributed by atoms with van der Waals surface area (Å²) in [5.74, 6) is 1.07. The predicted octanol–water partition coefficient (Wildman–Crippen LogP) is 2.17. The van der Waals surface area contributed by atoms with E-state index in [1.165, 1.54) is 13.4 Å². The van der Waals surface area contributed by atoms with Gasteiger partial charge in [0.2, 0.25) is 0 Å². The largest absolute Gasteiger partial charge is 0.399 e. The second-order valence-electron chi connectivity index (χ2n) is 3.89. The Hall–Kier alpha value is -2.63. The zero-order valence-corrected chi connectivity index (χ0v) is 10.8. The first-order valence-electron chi connectivity index (χ1n) is 5.72. The summed E-state index contributed by atoms with van der Waals surface area (Å²) in [5, 5.41) is 7.06. The fourth-order valence-electron chi connectivity index (χ4n) is 1.60. The van der Waals surface area contributed by atoms with Crippen molar-refractivity contribution in [2.75, 3.05) is 18.2 Å². The van der Waals surface area contributed by atoms with Gasteiger partial charge >= 0.3 is 0 Å². The van der Waals surface area contributed by atoms with Gasteiger partial charge in [0.05, 0.1) is 5.71 Å². The molecule has 0 unspecified atom stereocenters. The van der Waals surface area contributed by atoms with Crippen LogP contribution in [0.3, 0.4) is 0 Å². The molecule has 2 aromatic rings. The topological polar surface area (TPSA) is 85.4 Å². The fraction of sp³-hybridized carbons (Fsp3) is 0.154. The van der Waals surface area contributed by atoms with E-state index >= 15 is 0 Å². The quantitative estimate of drug-likeness (QED) is 0.647. The molecule has 0 fully saturated rings. The molecular formula is C13H15N5O. The van der Waals surface area contributed by atoms with Gasteiger partial charge < -0.3 is 15.9 Å². The minimum Gasteiger partial charge on any atom is -0.399 e. The molecule has 1 heterocycles. The average Bonchev–Trinajstić information content (AvgIpc) is 2.39. The van der Waals surface area contributed by atoms with Gasteiger partial charge in [-0.05, 0) is 19.1 Å².